The Balaban J connectivity index is 1.65. The molecular weight excluding hydrogens is 361 g/mol. The molecule has 0 saturated heterocycles. The van der Waals surface area contributed by atoms with Crippen LogP contribution in [-0.2, 0) is 11.2 Å². The average Bonchev–Trinajstić information content (AvgIpc) is 3.11. The summed E-state index contributed by atoms with van der Waals surface area (Å²) in [5.41, 5.74) is 2.67. The number of benzene rings is 2. The van der Waals surface area contributed by atoms with Gasteiger partial charge in [0.1, 0.15) is 11.3 Å². The number of aryl methyl sites for hydroxylation is 1. The minimum absolute atomic E-state index is 0.0776. The van der Waals surface area contributed by atoms with Crippen LogP contribution in [0, 0.1) is 12.7 Å². The molecule has 2 aromatic heterocycles. The Hall–Kier alpha value is -3.81. The van der Waals surface area contributed by atoms with Crippen LogP contribution >= 0.6 is 0 Å². The number of anilines is 1. The second kappa shape index (κ2) is 7.07. The minimum Gasteiger partial charge on any atom is -0.326 e. The van der Waals surface area contributed by atoms with Crippen LogP contribution in [0.5, 0.6) is 0 Å². The van der Waals surface area contributed by atoms with Gasteiger partial charge in [0.25, 0.3) is 5.56 Å². The van der Waals surface area contributed by atoms with Gasteiger partial charge in [0.05, 0.1) is 12.1 Å². The summed E-state index contributed by atoms with van der Waals surface area (Å²) < 4.78 is 14.5. The summed E-state index contributed by atoms with van der Waals surface area (Å²) in [5, 5.41) is 13.5. The molecule has 0 atom stereocenters. The third-order valence-electron chi connectivity index (χ3n) is 4.23. The largest absolute Gasteiger partial charge is 0.326 e. The van der Waals surface area contributed by atoms with Crippen molar-refractivity contribution < 1.29 is 9.18 Å². The molecule has 0 radical (unpaired) electrons. The Morgan fingerprint density at radius 3 is 2.71 bits per heavy atom. The first-order chi connectivity index (χ1) is 13.5. The first-order valence-corrected chi connectivity index (χ1v) is 8.59. The number of aromatic amines is 1. The van der Waals surface area contributed by atoms with Crippen LogP contribution in [0.4, 0.5) is 10.1 Å². The third-order valence-corrected chi connectivity index (χ3v) is 4.23. The quantitative estimate of drug-likeness (QED) is 0.572. The summed E-state index contributed by atoms with van der Waals surface area (Å²) in [5.74, 6) is -0.362. The Kier molecular flexibility index (Phi) is 4.44. The first-order valence-electron chi connectivity index (χ1n) is 8.59. The monoisotopic (exact) mass is 377 g/mol. The topological polar surface area (TPSA) is 92.1 Å². The van der Waals surface area contributed by atoms with Crippen molar-refractivity contribution in [2.24, 2.45) is 0 Å². The molecule has 0 fully saturated rings. The Labute approximate surface area is 158 Å². The molecule has 2 heterocycles. The van der Waals surface area contributed by atoms with E-state index in [1.807, 2.05) is 25.1 Å². The van der Waals surface area contributed by atoms with Crippen molar-refractivity contribution in [1.29, 1.82) is 0 Å². The molecule has 2 N–H and O–H groups in total. The molecule has 0 aliphatic carbocycles. The molecule has 8 heteroatoms. The van der Waals surface area contributed by atoms with Crippen LogP contribution in [0.3, 0.4) is 0 Å². The number of carbonyl (C=O) groups is 1. The van der Waals surface area contributed by atoms with E-state index < -0.39 is 5.56 Å². The van der Waals surface area contributed by atoms with E-state index in [-0.39, 0.29) is 29.5 Å². The number of H-pyrrole nitrogens is 1. The van der Waals surface area contributed by atoms with E-state index >= 15 is 0 Å². The highest BCUT2D eigenvalue weighted by molar-refractivity contribution is 5.92. The van der Waals surface area contributed by atoms with Gasteiger partial charge in [-0.05, 0) is 55.0 Å². The molecule has 4 rings (SSSR count). The van der Waals surface area contributed by atoms with Gasteiger partial charge in [-0.1, -0.05) is 12.1 Å². The van der Waals surface area contributed by atoms with Crippen molar-refractivity contribution in [1.82, 2.24) is 19.8 Å². The number of nitrogens with zero attached hydrogens (tertiary/aromatic N) is 3. The van der Waals surface area contributed by atoms with Crippen LogP contribution in [0.25, 0.3) is 16.8 Å². The fourth-order valence-electron chi connectivity index (χ4n) is 2.91. The zero-order valence-electron chi connectivity index (χ0n) is 14.9. The lowest BCUT2D eigenvalue weighted by Crippen LogP contribution is -2.22. The molecule has 140 valence electrons. The van der Waals surface area contributed by atoms with Crippen LogP contribution in [-0.4, -0.2) is 25.7 Å². The van der Waals surface area contributed by atoms with Crippen molar-refractivity contribution in [3.05, 3.63) is 82.2 Å². The highest BCUT2D eigenvalue weighted by Gasteiger charge is 2.15. The predicted molar refractivity (Wildman–Crippen MR) is 103 cm³/mol. The maximum atomic E-state index is 13.1. The normalized spacial score (nSPS) is 10.9. The summed E-state index contributed by atoms with van der Waals surface area (Å²) in [4.78, 5) is 24.5. The minimum atomic E-state index is -0.427. The Morgan fingerprint density at radius 2 is 1.96 bits per heavy atom. The maximum Gasteiger partial charge on any atom is 0.290 e. The molecule has 28 heavy (non-hydrogen) atoms. The highest BCUT2D eigenvalue weighted by Crippen LogP contribution is 2.19. The lowest BCUT2D eigenvalue weighted by Gasteiger charge is -2.06. The van der Waals surface area contributed by atoms with E-state index in [9.17, 15) is 14.0 Å². The second-order valence-corrected chi connectivity index (χ2v) is 6.40. The van der Waals surface area contributed by atoms with Crippen LogP contribution in [0.2, 0.25) is 0 Å². The van der Waals surface area contributed by atoms with E-state index in [1.165, 1.54) is 16.6 Å². The SMILES string of the molecule is Cc1cccc(NC(=O)Cc2n[nH]c(=O)c3cc(-c4ccc(F)cc4)nn23)c1. The zero-order valence-corrected chi connectivity index (χ0v) is 14.9. The van der Waals surface area contributed by atoms with Crippen molar-refractivity contribution in [2.45, 2.75) is 13.3 Å². The standard InChI is InChI=1S/C20H16FN5O2/c1-12-3-2-4-15(9-12)22-19(27)11-18-23-24-20(28)17-10-16(25-26(17)18)13-5-7-14(21)8-6-13/h2-10H,11H2,1H3,(H,22,27)(H,24,28). The number of hydrogen-bond acceptors (Lipinski definition) is 4. The van der Waals surface area contributed by atoms with Gasteiger partial charge in [0.15, 0.2) is 5.82 Å². The molecule has 0 bridgehead atoms. The molecular formula is C20H16FN5O2. The number of nitrogens with one attached hydrogen (secondary N) is 2. The number of hydrogen-bond donors (Lipinski definition) is 2. The molecule has 2 aromatic carbocycles. The van der Waals surface area contributed by atoms with Crippen LogP contribution in [0.1, 0.15) is 11.4 Å². The number of aromatic nitrogens is 4. The van der Waals surface area contributed by atoms with Crippen LogP contribution < -0.4 is 10.9 Å². The smallest absolute Gasteiger partial charge is 0.290 e. The van der Waals surface area contributed by atoms with Crippen LogP contribution in [0.15, 0.2) is 59.4 Å². The van der Waals surface area contributed by atoms with Gasteiger partial charge in [0.2, 0.25) is 5.91 Å². The number of carbonyl (C=O) groups excluding carboxylic acids is 1. The van der Waals surface area contributed by atoms with Gasteiger partial charge in [-0.15, -0.1) is 0 Å². The fraction of sp³-hybridized carbons (Fsp3) is 0.100. The molecule has 0 spiro atoms. The van der Waals surface area contributed by atoms with E-state index in [4.69, 9.17) is 0 Å². The summed E-state index contributed by atoms with van der Waals surface area (Å²) >= 11 is 0. The second-order valence-electron chi connectivity index (χ2n) is 6.40. The van der Waals surface area contributed by atoms with Gasteiger partial charge in [-0.2, -0.15) is 10.2 Å². The van der Waals surface area contributed by atoms with Crippen molar-refractivity contribution >= 4 is 17.1 Å². The van der Waals surface area contributed by atoms with Crippen molar-refractivity contribution in [2.75, 3.05) is 5.32 Å². The molecule has 0 saturated carbocycles. The summed E-state index contributed by atoms with van der Waals surface area (Å²) in [6.07, 6.45) is -0.0776. The number of amides is 1. The third kappa shape index (κ3) is 3.52. The van der Waals surface area contributed by atoms with Gasteiger partial charge in [-0.3, -0.25) is 9.59 Å². The van der Waals surface area contributed by atoms with Gasteiger partial charge >= 0.3 is 0 Å². The molecule has 0 unspecified atom stereocenters. The summed E-state index contributed by atoms with van der Waals surface area (Å²) in [7, 11) is 0. The summed E-state index contributed by atoms with van der Waals surface area (Å²) in [6.45, 7) is 1.93. The number of halogens is 1. The molecule has 0 aliphatic rings. The Morgan fingerprint density at radius 1 is 1.18 bits per heavy atom. The van der Waals surface area contributed by atoms with Crippen molar-refractivity contribution in [3.63, 3.8) is 0 Å². The van der Waals surface area contributed by atoms with E-state index in [0.717, 1.165) is 5.56 Å². The number of fused-ring (bicyclic) bond motifs is 1. The number of rotatable bonds is 4. The first kappa shape index (κ1) is 17.6. The Bertz CT molecular complexity index is 1230. The van der Waals surface area contributed by atoms with E-state index in [1.54, 1.807) is 24.3 Å². The maximum absolute atomic E-state index is 13.1. The zero-order chi connectivity index (χ0) is 19.7. The predicted octanol–water partition coefficient (Wildman–Crippen LogP) is 2.71. The van der Waals surface area contributed by atoms with Gasteiger partial charge in [0, 0.05) is 11.3 Å². The molecule has 1 amide bonds. The average molecular weight is 377 g/mol. The highest BCUT2D eigenvalue weighted by atomic mass is 19.1. The van der Waals surface area contributed by atoms with Crippen molar-refractivity contribution in [3.8, 4) is 11.3 Å². The molecule has 7 nitrogen and oxygen atoms in total. The van der Waals surface area contributed by atoms with E-state index in [2.05, 4.69) is 20.6 Å². The molecule has 0 aliphatic heterocycles. The summed E-state index contributed by atoms with van der Waals surface area (Å²) in [6, 6.07) is 14.8. The van der Waals surface area contributed by atoms with Gasteiger partial charge in [-0.25, -0.2) is 14.0 Å². The van der Waals surface area contributed by atoms with E-state index in [0.29, 0.717) is 16.9 Å². The lowest BCUT2D eigenvalue weighted by atomic mass is 10.1. The lowest BCUT2D eigenvalue weighted by molar-refractivity contribution is -0.115. The fourth-order valence-corrected chi connectivity index (χ4v) is 2.91. The van der Waals surface area contributed by atoms with Gasteiger partial charge < -0.3 is 5.32 Å². The molecule has 4 aromatic rings.